The highest BCUT2D eigenvalue weighted by Gasteiger charge is 1.99. The van der Waals surface area contributed by atoms with Gasteiger partial charge in [0.05, 0.1) is 11.7 Å². The quantitative estimate of drug-likeness (QED) is 0.566. The Kier molecular flexibility index (Phi) is 3.07. The fourth-order valence-electron chi connectivity index (χ4n) is 1.73. The molecular formula is C13H11N5S. The van der Waals surface area contributed by atoms with Gasteiger partial charge in [0.25, 0.3) is 0 Å². The molecule has 6 heteroatoms. The van der Waals surface area contributed by atoms with Crippen molar-refractivity contribution in [1.29, 1.82) is 0 Å². The number of hydrogen-bond donors (Lipinski definition) is 2. The van der Waals surface area contributed by atoms with Gasteiger partial charge in [0.1, 0.15) is 5.82 Å². The molecule has 3 aromatic rings. The molecule has 5 nitrogen and oxygen atoms in total. The number of nitrogens with one attached hydrogen (secondary N) is 1. The first-order chi connectivity index (χ1) is 9.33. The number of fused-ring (bicyclic) bond motifs is 1. The van der Waals surface area contributed by atoms with Gasteiger partial charge >= 0.3 is 0 Å². The lowest BCUT2D eigenvalue weighted by Gasteiger charge is -2.00. The summed E-state index contributed by atoms with van der Waals surface area (Å²) in [5.41, 5.74) is 10.3. The monoisotopic (exact) mass is 269 g/mol. The molecule has 0 aliphatic rings. The Morgan fingerprint density at radius 2 is 2.16 bits per heavy atom. The maximum absolute atomic E-state index is 5.53. The van der Waals surface area contributed by atoms with E-state index in [1.807, 2.05) is 30.3 Å². The Bertz CT molecular complexity index is 729. The highest BCUT2D eigenvalue weighted by atomic mass is 32.1. The third-order valence-electron chi connectivity index (χ3n) is 2.55. The van der Waals surface area contributed by atoms with E-state index >= 15 is 0 Å². The largest absolute Gasteiger partial charge is 0.383 e. The number of thiazole rings is 1. The highest BCUT2D eigenvalue weighted by Crippen LogP contribution is 2.17. The topological polar surface area (TPSA) is 76.2 Å². The summed E-state index contributed by atoms with van der Waals surface area (Å²) in [5.74, 6) is 0.495. The molecule has 0 unspecified atom stereocenters. The van der Waals surface area contributed by atoms with E-state index in [9.17, 15) is 0 Å². The van der Waals surface area contributed by atoms with Gasteiger partial charge in [0.2, 0.25) is 5.13 Å². The smallest absolute Gasteiger partial charge is 0.205 e. The van der Waals surface area contributed by atoms with Crippen molar-refractivity contribution in [2.75, 3.05) is 11.2 Å². The van der Waals surface area contributed by atoms with Crippen LogP contribution in [0, 0.1) is 0 Å². The normalized spacial score (nSPS) is 11.2. The van der Waals surface area contributed by atoms with Crippen molar-refractivity contribution < 1.29 is 0 Å². The Labute approximate surface area is 113 Å². The first-order valence-corrected chi connectivity index (χ1v) is 6.55. The molecule has 94 valence electrons. The third kappa shape index (κ3) is 2.53. The lowest BCUT2D eigenvalue weighted by molar-refractivity contribution is 1.29. The zero-order valence-electron chi connectivity index (χ0n) is 9.95. The Hall–Kier alpha value is -2.47. The van der Waals surface area contributed by atoms with E-state index in [1.54, 1.807) is 17.8 Å². The second-order valence-corrected chi connectivity index (χ2v) is 4.73. The number of aromatic nitrogens is 2. The summed E-state index contributed by atoms with van der Waals surface area (Å²) in [4.78, 5) is 8.42. The molecule has 0 fully saturated rings. The third-order valence-corrected chi connectivity index (χ3v) is 3.31. The van der Waals surface area contributed by atoms with Gasteiger partial charge in [-0.05, 0) is 6.07 Å². The molecule has 0 aliphatic carbocycles. The number of hydrogen-bond acceptors (Lipinski definition) is 6. The number of nitrogens with two attached hydrogens (primary N) is 1. The molecule has 2 heterocycles. The number of anilines is 2. The van der Waals surface area contributed by atoms with Crippen LogP contribution in [-0.2, 0) is 0 Å². The van der Waals surface area contributed by atoms with Crippen LogP contribution in [0.2, 0.25) is 0 Å². The SMILES string of the molecule is Nc1csc(NN=Cc2cccc3cccnc23)n1. The molecule has 1 aromatic carbocycles. The Morgan fingerprint density at radius 1 is 1.26 bits per heavy atom. The number of pyridine rings is 1. The second kappa shape index (κ2) is 5.03. The molecule has 0 saturated carbocycles. The molecule has 19 heavy (non-hydrogen) atoms. The van der Waals surface area contributed by atoms with Crippen molar-refractivity contribution in [2.45, 2.75) is 0 Å². The minimum absolute atomic E-state index is 0.495. The first-order valence-electron chi connectivity index (χ1n) is 5.67. The van der Waals surface area contributed by atoms with Crippen LogP contribution in [0.3, 0.4) is 0 Å². The van der Waals surface area contributed by atoms with E-state index in [2.05, 4.69) is 20.5 Å². The van der Waals surface area contributed by atoms with E-state index in [-0.39, 0.29) is 0 Å². The van der Waals surface area contributed by atoms with Crippen LogP contribution in [0.1, 0.15) is 5.56 Å². The van der Waals surface area contributed by atoms with Crippen molar-refractivity contribution >= 4 is 39.4 Å². The molecular weight excluding hydrogens is 258 g/mol. The first kappa shape index (κ1) is 11.6. The molecule has 3 rings (SSSR count). The highest BCUT2D eigenvalue weighted by molar-refractivity contribution is 7.14. The van der Waals surface area contributed by atoms with Crippen LogP contribution < -0.4 is 11.2 Å². The maximum Gasteiger partial charge on any atom is 0.205 e. The van der Waals surface area contributed by atoms with Gasteiger partial charge < -0.3 is 5.73 Å². The van der Waals surface area contributed by atoms with Gasteiger partial charge in [-0.25, -0.2) is 4.98 Å². The van der Waals surface area contributed by atoms with Gasteiger partial charge in [-0.2, -0.15) is 5.10 Å². The Balaban J connectivity index is 1.85. The van der Waals surface area contributed by atoms with Crippen LogP contribution in [0.15, 0.2) is 47.0 Å². The van der Waals surface area contributed by atoms with Crippen LogP contribution >= 0.6 is 11.3 Å². The number of nitrogen functional groups attached to an aromatic ring is 1. The molecule has 3 N–H and O–H groups in total. The predicted octanol–water partition coefficient (Wildman–Crippen LogP) is 2.72. The lowest BCUT2D eigenvalue weighted by Crippen LogP contribution is -1.92. The number of nitrogens with zero attached hydrogens (tertiary/aromatic N) is 3. The molecule has 2 aromatic heterocycles. The van der Waals surface area contributed by atoms with Crippen LogP contribution in [0.25, 0.3) is 10.9 Å². The van der Waals surface area contributed by atoms with E-state index in [1.165, 1.54) is 11.3 Å². The molecule has 0 amide bonds. The fraction of sp³-hybridized carbons (Fsp3) is 0. The molecule has 0 saturated heterocycles. The van der Waals surface area contributed by atoms with Gasteiger partial charge in [-0.1, -0.05) is 24.3 Å². The Morgan fingerprint density at radius 3 is 3.00 bits per heavy atom. The molecule has 0 bridgehead atoms. The number of hydrazone groups is 1. The summed E-state index contributed by atoms with van der Waals surface area (Å²) >= 11 is 1.41. The second-order valence-electron chi connectivity index (χ2n) is 3.87. The predicted molar refractivity (Wildman–Crippen MR) is 79.5 cm³/mol. The lowest BCUT2D eigenvalue weighted by atomic mass is 10.1. The number of para-hydroxylation sites is 1. The summed E-state index contributed by atoms with van der Waals surface area (Å²) in [7, 11) is 0. The average Bonchev–Trinajstić information content (AvgIpc) is 2.85. The minimum Gasteiger partial charge on any atom is -0.383 e. The van der Waals surface area contributed by atoms with Gasteiger partial charge in [0.15, 0.2) is 0 Å². The zero-order valence-corrected chi connectivity index (χ0v) is 10.8. The summed E-state index contributed by atoms with van der Waals surface area (Å²) in [6.07, 6.45) is 3.50. The van der Waals surface area contributed by atoms with E-state index in [0.717, 1.165) is 16.5 Å². The average molecular weight is 269 g/mol. The summed E-state index contributed by atoms with van der Waals surface area (Å²) < 4.78 is 0. The van der Waals surface area contributed by atoms with Gasteiger partial charge in [-0.3, -0.25) is 10.4 Å². The molecule has 0 radical (unpaired) electrons. The molecule has 0 spiro atoms. The summed E-state index contributed by atoms with van der Waals surface area (Å²) in [6.45, 7) is 0. The van der Waals surface area contributed by atoms with Crippen molar-refractivity contribution in [3.63, 3.8) is 0 Å². The standard InChI is InChI=1S/C13H11N5S/c14-11-8-19-13(17-11)18-16-7-10-4-1-3-9-5-2-6-15-12(9)10/h1-8H,14H2,(H,17,18). The zero-order chi connectivity index (χ0) is 13.1. The number of benzene rings is 1. The van der Waals surface area contributed by atoms with Crippen molar-refractivity contribution in [3.8, 4) is 0 Å². The van der Waals surface area contributed by atoms with E-state index in [4.69, 9.17) is 5.73 Å². The molecule has 0 aliphatic heterocycles. The number of rotatable bonds is 3. The van der Waals surface area contributed by atoms with Crippen LogP contribution in [0.5, 0.6) is 0 Å². The van der Waals surface area contributed by atoms with Crippen LogP contribution in [0.4, 0.5) is 10.9 Å². The van der Waals surface area contributed by atoms with Gasteiger partial charge in [-0.15, -0.1) is 11.3 Å². The summed E-state index contributed by atoms with van der Waals surface area (Å²) in [5, 5.41) is 7.67. The maximum atomic E-state index is 5.53. The molecule has 0 atom stereocenters. The fourth-order valence-corrected chi connectivity index (χ4v) is 2.28. The summed E-state index contributed by atoms with van der Waals surface area (Å²) in [6, 6.07) is 9.91. The minimum atomic E-state index is 0.495. The van der Waals surface area contributed by atoms with Gasteiger partial charge in [0, 0.05) is 22.5 Å². The van der Waals surface area contributed by atoms with E-state index < -0.39 is 0 Å². The van der Waals surface area contributed by atoms with Crippen molar-refractivity contribution in [3.05, 3.63) is 47.5 Å². The van der Waals surface area contributed by atoms with Crippen LogP contribution in [-0.4, -0.2) is 16.2 Å². The van der Waals surface area contributed by atoms with Crippen molar-refractivity contribution in [2.24, 2.45) is 5.10 Å². The van der Waals surface area contributed by atoms with E-state index in [0.29, 0.717) is 10.9 Å². The van der Waals surface area contributed by atoms with Crippen molar-refractivity contribution in [1.82, 2.24) is 9.97 Å².